The maximum absolute atomic E-state index is 13.5. The van der Waals surface area contributed by atoms with Crippen LogP contribution in [0, 0.1) is 19.7 Å². The van der Waals surface area contributed by atoms with E-state index in [1.54, 1.807) is 32.0 Å². The first kappa shape index (κ1) is 14.5. The molecular formula is C14H13FN2O2S. The van der Waals surface area contributed by atoms with Crippen LogP contribution in [-0.4, -0.2) is 21.0 Å². The van der Waals surface area contributed by atoms with Crippen molar-refractivity contribution < 1.29 is 14.3 Å². The van der Waals surface area contributed by atoms with Crippen molar-refractivity contribution in [3.63, 3.8) is 0 Å². The van der Waals surface area contributed by atoms with E-state index in [9.17, 15) is 9.18 Å². The number of halogens is 1. The van der Waals surface area contributed by atoms with Crippen LogP contribution < -0.4 is 0 Å². The van der Waals surface area contributed by atoms with Crippen LogP contribution in [0.15, 0.2) is 29.2 Å². The van der Waals surface area contributed by atoms with Gasteiger partial charge in [0.2, 0.25) is 0 Å². The van der Waals surface area contributed by atoms with Crippen molar-refractivity contribution >= 4 is 17.7 Å². The molecule has 0 unspecified atom stereocenters. The third kappa shape index (κ3) is 3.14. The van der Waals surface area contributed by atoms with E-state index < -0.39 is 5.97 Å². The van der Waals surface area contributed by atoms with Gasteiger partial charge in [-0.3, -0.25) is 0 Å². The van der Waals surface area contributed by atoms with Crippen LogP contribution in [0.25, 0.3) is 0 Å². The maximum atomic E-state index is 13.5. The van der Waals surface area contributed by atoms with E-state index >= 15 is 0 Å². The summed E-state index contributed by atoms with van der Waals surface area (Å²) >= 11 is 1.28. The highest BCUT2D eigenvalue weighted by atomic mass is 32.2. The van der Waals surface area contributed by atoms with Gasteiger partial charge in [-0.15, -0.1) is 11.8 Å². The number of carbonyl (C=O) groups is 1. The molecule has 0 aliphatic carbocycles. The lowest BCUT2D eigenvalue weighted by Crippen LogP contribution is -2.09. The third-order valence-electron chi connectivity index (χ3n) is 2.72. The Bertz CT molecular complexity index is 638. The fourth-order valence-electron chi connectivity index (χ4n) is 1.86. The van der Waals surface area contributed by atoms with Crippen LogP contribution >= 0.6 is 11.8 Å². The molecule has 0 radical (unpaired) electrons. The van der Waals surface area contributed by atoms with Gasteiger partial charge in [0.1, 0.15) is 17.2 Å². The first-order valence-corrected chi connectivity index (χ1v) is 6.92. The Labute approximate surface area is 120 Å². The first-order chi connectivity index (χ1) is 9.49. The maximum Gasteiger partial charge on any atom is 0.339 e. The van der Waals surface area contributed by atoms with Crippen LogP contribution in [0.2, 0.25) is 0 Å². The number of hydrogen-bond donors (Lipinski definition) is 1. The number of carboxylic acid groups (broad SMARTS) is 1. The Morgan fingerprint density at radius 2 is 1.85 bits per heavy atom. The molecule has 2 aromatic rings. The number of thioether (sulfide) groups is 1. The first-order valence-electron chi connectivity index (χ1n) is 5.93. The van der Waals surface area contributed by atoms with Crippen molar-refractivity contribution in [3.8, 4) is 0 Å². The van der Waals surface area contributed by atoms with E-state index in [-0.39, 0.29) is 11.4 Å². The molecule has 0 saturated carbocycles. The molecule has 4 nitrogen and oxygen atoms in total. The van der Waals surface area contributed by atoms with Gasteiger partial charge in [0.15, 0.2) is 0 Å². The topological polar surface area (TPSA) is 63.1 Å². The van der Waals surface area contributed by atoms with Gasteiger partial charge in [-0.25, -0.2) is 19.2 Å². The van der Waals surface area contributed by atoms with Gasteiger partial charge in [-0.1, -0.05) is 12.1 Å². The number of rotatable bonds is 4. The lowest BCUT2D eigenvalue weighted by atomic mass is 10.2. The molecule has 0 fully saturated rings. The van der Waals surface area contributed by atoms with E-state index in [2.05, 4.69) is 9.97 Å². The number of aromatic carboxylic acids is 1. The van der Waals surface area contributed by atoms with E-state index in [0.717, 1.165) is 0 Å². The molecule has 20 heavy (non-hydrogen) atoms. The number of carboxylic acids is 1. The predicted molar refractivity (Wildman–Crippen MR) is 74.4 cm³/mol. The second-order valence-corrected chi connectivity index (χ2v) is 5.23. The highest BCUT2D eigenvalue weighted by Gasteiger charge is 2.15. The van der Waals surface area contributed by atoms with Crippen molar-refractivity contribution in [1.29, 1.82) is 0 Å². The summed E-state index contributed by atoms with van der Waals surface area (Å²) in [5, 5.41) is 9.05. The Balaban J connectivity index is 2.19. The molecule has 0 amide bonds. The minimum absolute atomic E-state index is 0.129. The lowest BCUT2D eigenvalue weighted by Gasteiger charge is -2.07. The van der Waals surface area contributed by atoms with Crippen LogP contribution in [-0.2, 0) is 5.75 Å². The number of hydrogen-bond acceptors (Lipinski definition) is 4. The minimum atomic E-state index is -1.03. The van der Waals surface area contributed by atoms with Gasteiger partial charge >= 0.3 is 5.97 Å². The van der Waals surface area contributed by atoms with Gasteiger partial charge < -0.3 is 5.11 Å². The fraction of sp³-hybridized carbons (Fsp3) is 0.214. The molecule has 1 aromatic heterocycles. The summed E-state index contributed by atoms with van der Waals surface area (Å²) in [6.07, 6.45) is 0. The Morgan fingerprint density at radius 1 is 1.25 bits per heavy atom. The highest BCUT2D eigenvalue weighted by Crippen LogP contribution is 2.24. The highest BCUT2D eigenvalue weighted by molar-refractivity contribution is 7.98. The standard InChI is InChI=1S/C14H13FN2O2S/c1-8-13(14(18)19)9(2)17-12(16-8)7-20-11-6-4-3-5-10(11)15/h3-6H,7H2,1-2H3,(H,18,19). The van der Waals surface area contributed by atoms with Gasteiger partial charge in [0.25, 0.3) is 0 Å². The zero-order valence-electron chi connectivity index (χ0n) is 11.1. The van der Waals surface area contributed by atoms with Crippen LogP contribution in [0.4, 0.5) is 4.39 Å². The molecule has 1 aromatic carbocycles. The van der Waals surface area contributed by atoms with Gasteiger partial charge in [-0.05, 0) is 26.0 Å². The monoisotopic (exact) mass is 292 g/mol. The lowest BCUT2D eigenvalue weighted by molar-refractivity contribution is 0.0694. The Kier molecular flexibility index (Phi) is 4.34. The predicted octanol–water partition coefficient (Wildman–Crippen LogP) is 3.22. The van der Waals surface area contributed by atoms with Gasteiger partial charge in [0.05, 0.1) is 17.1 Å². The minimum Gasteiger partial charge on any atom is -0.478 e. The third-order valence-corrected chi connectivity index (χ3v) is 3.77. The van der Waals surface area contributed by atoms with Crippen molar-refractivity contribution in [2.24, 2.45) is 0 Å². The molecule has 0 bridgehead atoms. The molecule has 104 valence electrons. The zero-order valence-corrected chi connectivity index (χ0v) is 11.9. The fourth-order valence-corrected chi connectivity index (χ4v) is 2.66. The van der Waals surface area contributed by atoms with E-state index in [1.807, 2.05) is 0 Å². The zero-order chi connectivity index (χ0) is 14.7. The second kappa shape index (κ2) is 6.00. The summed E-state index contributed by atoms with van der Waals surface area (Å²) in [7, 11) is 0. The van der Waals surface area contributed by atoms with Crippen molar-refractivity contribution in [1.82, 2.24) is 9.97 Å². The van der Waals surface area contributed by atoms with Gasteiger partial charge in [0, 0.05) is 4.90 Å². The van der Waals surface area contributed by atoms with Crippen molar-refractivity contribution in [2.45, 2.75) is 24.5 Å². The number of aromatic nitrogens is 2. The number of aryl methyl sites for hydroxylation is 2. The van der Waals surface area contributed by atoms with Crippen LogP contribution in [0.3, 0.4) is 0 Å². The summed E-state index contributed by atoms with van der Waals surface area (Å²) in [5.41, 5.74) is 0.980. The summed E-state index contributed by atoms with van der Waals surface area (Å²) in [5.74, 6) is -0.428. The normalized spacial score (nSPS) is 10.6. The van der Waals surface area contributed by atoms with Crippen molar-refractivity contribution in [2.75, 3.05) is 0 Å². The molecule has 1 N–H and O–H groups in total. The Morgan fingerprint density at radius 3 is 2.40 bits per heavy atom. The molecule has 6 heteroatoms. The van der Waals surface area contributed by atoms with Crippen molar-refractivity contribution in [3.05, 3.63) is 52.9 Å². The molecule has 2 rings (SSSR count). The van der Waals surface area contributed by atoms with E-state index in [4.69, 9.17) is 5.11 Å². The number of benzene rings is 1. The Hall–Kier alpha value is -1.95. The van der Waals surface area contributed by atoms with E-state index in [1.165, 1.54) is 17.8 Å². The SMILES string of the molecule is Cc1nc(CSc2ccccc2F)nc(C)c1C(=O)O. The van der Waals surface area contributed by atoms with E-state index in [0.29, 0.717) is 27.9 Å². The molecule has 0 saturated heterocycles. The molecule has 0 aliphatic rings. The molecule has 1 heterocycles. The summed E-state index contributed by atoms with van der Waals surface area (Å²) in [6, 6.07) is 6.47. The second-order valence-electron chi connectivity index (χ2n) is 4.21. The molecule has 0 atom stereocenters. The van der Waals surface area contributed by atoms with Gasteiger partial charge in [-0.2, -0.15) is 0 Å². The average Bonchev–Trinajstić information content (AvgIpc) is 2.36. The van der Waals surface area contributed by atoms with Crippen LogP contribution in [0.1, 0.15) is 27.6 Å². The number of nitrogens with zero attached hydrogens (tertiary/aromatic N) is 2. The smallest absolute Gasteiger partial charge is 0.339 e. The summed E-state index contributed by atoms with van der Waals surface area (Å²) < 4.78 is 13.5. The summed E-state index contributed by atoms with van der Waals surface area (Å²) in [6.45, 7) is 3.27. The quantitative estimate of drug-likeness (QED) is 0.877. The molecular weight excluding hydrogens is 279 g/mol. The average molecular weight is 292 g/mol. The molecule has 0 spiro atoms. The largest absolute Gasteiger partial charge is 0.478 e. The van der Waals surface area contributed by atoms with Crippen LogP contribution in [0.5, 0.6) is 0 Å². The summed E-state index contributed by atoms with van der Waals surface area (Å²) in [4.78, 5) is 19.9. The molecule has 0 aliphatic heterocycles.